The number of carbonyl (C=O) groups excluding carboxylic acids is 2. The first-order valence-corrected chi connectivity index (χ1v) is 8.65. The first-order chi connectivity index (χ1) is 13.5. The molecular formula is C23H18N2O3. The smallest absolute Gasteiger partial charge is 0.308 e. The standard InChI is InChI=1S/C23H18N2O3/c1-16(26)28-21-13-9-18(10-14-21)23(27)25(2)20-11-7-17(8-12-20)22-6-4-3-5-19(22)15-24/h3-14H,1-2H3. The van der Waals surface area contributed by atoms with E-state index in [1.54, 1.807) is 42.3 Å². The zero-order valence-corrected chi connectivity index (χ0v) is 15.5. The monoisotopic (exact) mass is 370 g/mol. The van der Waals surface area contributed by atoms with E-state index in [2.05, 4.69) is 6.07 Å². The summed E-state index contributed by atoms with van der Waals surface area (Å²) in [6, 6.07) is 23.5. The fraction of sp³-hybridized carbons (Fsp3) is 0.0870. The van der Waals surface area contributed by atoms with Gasteiger partial charge in [-0.25, -0.2) is 0 Å². The van der Waals surface area contributed by atoms with Crippen LogP contribution in [0.5, 0.6) is 5.75 Å². The van der Waals surface area contributed by atoms with Gasteiger partial charge in [0.25, 0.3) is 5.91 Å². The molecule has 3 aromatic rings. The second kappa shape index (κ2) is 8.19. The number of ether oxygens (including phenoxy) is 1. The van der Waals surface area contributed by atoms with Gasteiger partial charge in [0.1, 0.15) is 5.75 Å². The Morgan fingerprint density at radius 1 is 0.929 bits per heavy atom. The predicted molar refractivity (Wildman–Crippen MR) is 107 cm³/mol. The van der Waals surface area contributed by atoms with E-state index in [9.17, 15) is 14.9 Å². The first-order valence-electron chi connectivity index (χ1n) is 8.65. The lowest BCUT2D eigenvalue weighted by Gasteiger charge is -2.18. The molecule has 0 bridgehead atoms. The summed E-state index contributed by atoms with van der Waals surface area (Å²) in [5.74, 6) is -0.194. The van der Waals surface area contributed by atoms with Crippen molar-refractivity contribution in [3.05, 3.63) is 83.9 Å². The van der Waals surface area contributed by atoms with Gasteiger partial charge in [0.05, 0.1) is 11.6 Å². The highest BCUT2D eigenvalue weighted by atomic mass is 16.5. The molecule has 5 heteroatoms. The molecule has 0 atom stereocenters. The van der Waals surface area contributed by atoms with Crippen LogP contribution in [-0.4, -0.2) is 18.9 Å². The van der Waals surface area contributed by atoms with E-state index in [0.717, 1.165) is 16.8 Å². The summed E-state index contributed by atoms with van der Waals surface area (Å²) in [6.07, 6.45) is 0. The number of nitrogens with zero attached hydrogens (tertiary/aromatic N) is 2. The van der Waals surface area contributed by atoms with Gasteiger partial charge in [-0.2, -0.15) is 5.26 Å². The normalized spacial score (nSPS) is 10.0. The molecule has 3 rings (SSSR count). The number of esters is 1. The van der Waals surface area contributed by atoms with Gasteiger partial charge in [-0.3, -0.25) is 9.59 Å². The Balaban J connectivity index is 1.79. The van der Waals surface area contributed by atoms with Crippen LogP contribution in [0.25, 0.3) is 11.1 Å². The van der Waals surface area contributed by atoms with Gasteiger partial charge in [0.2, 0.25) is 0 Å². The third-order valence-corrected chi connectivity index (χ3v) is 4.28. The zero-order valence-electron chi connectivity index (χ0n) is 15.5. The summed E-state index contributed by atoms with van der Waals surface area (Å²) in [6.45, 7) is 1.32. The molecule has 0 heterocycles. The van der Waals surface area contributed by atoms with Crippen LogP contribution in [0, 0.1) is 11.3 Å². The van der Waals surface area contributed by atoms with Crippen LogP contribution < -0.4 is 9.64 Å². The van der Waals surface area contributed by atoms with Crippen molar-refractivity contribution in [2.75, 3.05) is 11.9 Å². The number of nitriles is 1. The van der Waals surface area contributed by atoms with E-state index in [-0.39, 0.29) is 5.91 Å². The molecule has 0 aliphatic rings. The molecule has 0 aromatic heterocycles. The molecule has 0 saturated carbocycles. The van der Waals surface area contributed by atoms with Gasteiger partial charge >= 0.3 is 5.97 Å². The Hall–Kier alpha value is -3.91. The second-order valence-electron chi connectivity index (χ2n) is 6.19. The Morgan fingerprint density at radius 3 is 2.18 bits per heavy atom. The minimum Gasteiger partial charge on any atom is -0.427 e. The molecule has 3 aromatic carbocycles. The Kier molecular flexibility index (Phi) is 5.52. The summed E-state index contributed by atoms with van der Waals surface area (Å²) in [5, 5.41) is 9.26. The lowest BCUT2D eigenvalue weighted by molar-refractivity contribution is -0.131. The van der Waals surface area contributed by atoms with Crippen LogP contribution in [0.2, 0.25) is 0 Å². The summed E-state index contributed by atoms with van der Waals surface area (Å²) < 4.78 is 4.98. The molecule has 0 unspecified atom stereocenters. The average Bonchev–Trinajstić information content (AvgIpc) is 2.73. The van der Waals surface area contributed by atoms with Crippen molar-refractivity contribution < 1.29 is 14.3 Å². The minimum atomic E-state index is -0.408. The highest BCUT2D eigenvalue weighted by Gasteiger charge is 2.14. The predicted octanol–water partition coefficient (Wildman–Crippen LogP) is 4.43. The fourth-order valence-corrected chi connectivity index (χ4v) is 2.84. The van der Waals surface area contributed by atoms with E-state index < -0.39 is 5.97 Å². The Labute approximate surface area is 163 Å². The number of benzene rings is 3. The molecule has 1 amide bonds. The summed E-state index contributed by atoms with van der Waals surface area (Å²) in [5.41, 5.74) is 3.58. The van der Waals surface area contributed by atoms with E-state index in [4.69, 9.17) is 4.74 Å². The highest BCUT2D eigenvalue weighted by Crippen LogP contribution is 2.26. The SMILES string of the molecule is CC(=O)Oc1ccc(C(=O)N(C)c2ccc(-c3ccccc3C#N)cc2)cc1. The van der Waals surface area contributed by atoms with Crippen LogP contribution >= 0.6 is 0 Å². The Bertz CT molecular complexity index is 1050. The molecule has 0 radical (unpaired) electrons. The van der Waals surface area contributed by atoms with Crippen LogP contribution in [0.4, 0.5) is 5.69 Å². The van der Waals surface area contributed by atoms with Crippen LogP contribution in [0.3, 0.4) is 0 Å². The molecule has 0 saturated heterocycles. The number of anilines is 1. The number of rotatable bonds is 4. The van der Waals surface area contributed by atoms with Gasteiger partial charge in [-0.05, 0) is 53.6 Å². The molecule has 0 aliphatic carbocycles. The van der Waals surface area contributed by atoms with Crippen molar-refractivity contribution in [3.8, 4) is 22.9 Å². The van der Waals surface area contributed by atoms with Crippen molar-refractivity contribution in [3.63, 3.8) is 0 Å². The van der Waals surface area contributed by atoms with Crippen molar-refractivity contribution in [2.24, 2.45) is 0 Å². The number of amides is 1. The molecule has 0 fully saturated rings. The first kappa shape index (κ1) is 18.9. The summed E-state index contributed by atoms with van der Waals surface area (Å²) >= 11 is 0. The third-order valence-electron chi connectivity index (χ3n) is 4.28. The van der Waals surface area contributed by atoms with Gasteiger partial charge in [0.15, 0.2) is 0 Å². The molecule has 28 heavy (non-hydrogen) atoms. The maximum atomic E-state index is 12.7. The number of hydrogen-bond donors (Lipinski definition) is 0. The van der Waals surface area contributed by atoms with E-state index in [1.165, 1.54) is 6.92 Å². The summed E-state index contributed by atoms with van der Waals surface area (Å²) in [4.78, 5) is 25.2. The number of carbonyl (C=O) groups is 2. The average molecular weight is 370 g/mol. The topological polar surface area (TPSA) is 70.4 Å². The number of hydrogen-bond acceptors (Lipinski definition) is 4. The van der Waals surface area contributed by atoms with Gasteiger partial charge in [-0.15, -0.1) is 0 Å². The molecule has 0 N–H and O–H groups in total. The maximum Gasteiger partial charge on any atom is 0.308 e. The van der Waals surface area contributed by atoms with Gasteiger partial charge < -0.3 is 9.64 Å². The molecule has 0 spiro atoms. The minimum absolute atomic E-state index is 0.181. The van der Waals surface area contributed by atoms with E-state index in [0.29, 0.717) is 16.9 Å². The van der Waals surface area contributed by atoms with E-state index in [1.807, 2.05) is 42.5 Å². The quantitative estimate of drug-likeness (QED) is 0.503. The zero-order chi connectivity index (χ0) is 20.1. The molecular weight excluding hydrogens is 352 g/mol. The largest absolute Gasteiger partial charge is 0.427 e. The highest BCUT2D eigenvalue weighted by molar-refractivity contribution is 6.05. The van der Waals surface area contributed by atoms with Crippen molar-refractivity contribution >= 4 is 17.6 Å². The van der Waals surface area contributed by atoms with Gasteiger partial charge in [0, 0.05) is 25.2 Å². The maximum absolute atomic E-state index is 12.7. The van der Waals surface area contributed by atoms with Crippen molar-refractivity contribution in [1.29, 1.82) is 5.26 Å². The summed E-state index contributed by atoms with van der Waals surface area (Å²) in [7, 11) is 1.69. The molecule has 0 aliphatic heterocycles. The Morgan fingerprint density at radius 2 is 1.57 bits per heavy atom. The van der Waals surface area contributed by atoms with Crippen LogP contribution in [0.1, 0.15) is 22.8 Å². The third kappa shape index (κ3) is 4.08. The van der Waals surface area contributed by atoms with Crippen molar-refractivity contribution in [1.82, 2.24) is 0 Å². The lowest BCUT2D eigenvalue weighted by atomic mass is 10.00. The second-order valence-corrected chi connectivity index (χ2v) is 6.19. The fourth-order valence-electron chi connectivity index (χ4n) is 2.84. The van der Waals surface area contributed by atoms with Crippen LogP contribution in [-0.2, 0) is 4.79 Å². The molecule has 138 valence electrons. The van der Waals surface area contributed by atoms with E-state index >= 15 is 0 Å². The van der Waals surface area contributed by atoms with Gasteiger partial charge in [-0.1, -0.05) is 30.3 Å². The van der Waals surface area contributed by atoms with Crippen molar-refractivity contribution in [2.45, 2.75) is 6.92 Å². The lowest BCUT2D eigenvalue weighted by Crippen LogP contribution is -2.26. The van der Waals surface area contributed by atoms with Crippen LogP contribution in [0.15, 0.2) is 72.8 Å². The molecule has 5 nitrogen and oxygen atoms in total.